The second kappa shape index (κ2) is 7.75. The maximum absolute atomic E-state index is 13.5. The van der Waals surface area contributed by atoms with E-state index >= 15 is 0 Å². The Labute approximate surface area is 169 Å². The highest BCUT2D eigenvalue weighted by atomic mass is 19.4. The number of carbonyl (C=O) groups excluding carboxylic acids is 1. The molecule has 0 aliphatic heterocycles. The summed E-state index contributed by atoms with van der Waals surface area (Å²) >= 11 is 0. The van der Waals surface area contributed by atoms with Crippen molar-refractivity contribution in [2.45, 2.75) is 12.7 Å². The standard InChI is InChI=1S/C19H20F3N5O3/c1-26(2)9-10-4-7-15(29-10)30-14-6-5-12(19(20,21)22)11-8-13(25-16(11)14)17(28)27(3)18(23)24/h4-8,25H,9H2,1-3H3,(H3,23,24). The number of halogens is 3. The second-order valence-electron chi connectivity index (χ2n) is 6.89. The molecule has 1 amide bonds. The van der Waals surface area contributed by atoms with Gasteiger partial charge in [0.25, 0.3) is 11.9 Å². The van der Waals surface area contributed by atoms with Crippen molar-refractivity contribution in [1.82, 2.24) is 14.8 Å². The first-order valence-electron chi connectivity index (χ1n) is 8.73. The Balaban J connectivity index is 2.06. The van der Waals surface area contributed by atoms with E-state index in [0.717, 1.165) is 23.1 Å². The first kappa shape index (κ1) is 21.2. The number of fused-ring (bicyclic) bond motifs is 1. The molecule has 3 aromatic rings. The monoisotopic (exact) mass is 423 g/mol. The quantitative estimate of drug-likeness (QED) is 0.429. The number of H-pyrrole nitrogens is 1. The summed E-state index contributed by atoms with van der Waals surface area (Å²) in [5.74, 6) is -0.549. The van der Waals surface area contributed by atoms with Gasteiger partial charge < -0.3 is 24.8 Å². The molecule has 0 unspecified atom stereocenters. The molecule has 0 aliphatic rings. The van der Waals surface area contributed by atoms with E-state index in [-0.39, 0.29) is 28.3 Å². The van der Waals surface area contributed by atoms with Gasteiger partial charge in [-0.1, -0.05) is 0 Å². The minimum absolute atomic E-state index is 0.0318. The molecule has 11 heteroatoms. The van der Waals surface area contributed by atoms with E-state index in [1.54, 1.807) is 12.1 Å². The predicted octanol–water partition coefficient (Wildman–Crippen LogP) is 3.60. The molecule has 0 bridgehead atoms. The summed E-state index contributed by atoms with van der Waals surface area (Å²) in [5.41, 5.74) is 4.16. The maximum Gasteiger partial charge on any atom is 0.417 e. The SMILES string of the molecule is CN(C)Cc1ccc(Oc2ccc(C(F)(F)F)c3cc(C(=O)N(C)C(=N)N)[nH]c23)o1. The molecule has 0 saturated carbocycles. The van der Waals surface area contributed by atoms with Gasteiger partial charge in [-0.25, -0.2) is 0 Å². The van der Waals surface area contributed by atoms with Crippen LogP contribution in [0.3, 0.4) is 0 Å². The molecular weight excluding hydrogens is 403 g/mol. The zero-order chi connectivity index (χ0) is 22.2. The molecule has 0 fully saturated rings. The normalized spacial score (nSPS) is 11.8. The summed E-state index contributed by atoms with van der Waals surface area (Å²) in [6.45, 7) is 0.518. The summed E-state index contributed by atoms with van der Waals surface area (Å²) < 4.78 is 51.6. The Morgan fingerprint density at radius 1 is 1.23 bits per heavy atom. The van der Waals surface area contributed by atoms with Crippen LogP contribution in [0, 0.1) is 5.41 Å². The first-order chi connectivity index (χ1) is 14.0. The lowest BCUT2D eigenvalue weighted by Gasteiger charge is -2.12. The molecule has 0 saturated heterocycles. The third-order valence-electron chi connectivity index (χ3n) is 4.28. The Hall–Kier alpha value is -3.47. The molecule has 0 spiro atoms. The number of aromatic nitrogens is 1. The number of benzene rings is 1. The van der Waals surface area contributed by atoms with Gasteiger partial charge in [-0.3, -0.25) is 15.1 Å². The van der Waals surface area contributed by atoms with Crippen LogP contribution in [0.15, 0.2) is 34.7 Å². The summed E-state index contributed by atoms with van der Waals surface area (Å²) in [6, 6.07) is 6.34. The van der Waals surface area contributed by atoms with Crippen LogP contribution in [0.4, 0.5) is 13.2 Å². The average Bonchev–Trinajstić information content (AvgIpc) is 3.26. The fraction of sp³-hybridized carbons (Fsp3) is 0.263. The van der Waals surface area contributed by atoms with Gasteiger partial charge in [0, 0.05) is 18.5 Å². The van der Waals surface area contributed by atoms with Crippen molar-refractivity contribution in [3.63, 3.8) is 0 Å². The lowest BCUT2D eigenvalue weighted by atomic mass is 10.1. The van der Waals surface area contributed by atoms with Crippen LogP contribution in [-0.2, 0) is 12.7 Å². The lowest BCUT2D eigenvalue weighted by molar-refractivity contribution is -0.136. The predicted molar refractivity (Wildman–Crippen MR) is 103 cm³/mol. The van der Waals surface area contributed by atoms with Gasteiger partial charge in [-0.2, -0.15) is 13.2 Å². The number of aromatic amines is 1. The van der Waals surface area contributed by atoms with Crippen molar-refractivity contribution in [3.8, 4) is 11.7 Å². The zero-order valence-corrected chi connectivity index (χ0v) is 16.4. The molecule has 8 nitrogen and oxygen atoms in total. The largest absolute Gasteiger partial charge is 0.429 e. The molecule has 30 heavy (non-hydrogen) atoms. The maximum atomic E-state index is 13.5. The number of hydrogen-bond donors (Lipinski definition) is 3. The molecule has 0 atom stereocenters. The second-order valence-corrected chi connectivity index (χ2v) is 6.89. The van der Waals surface area contributed by atoms with E-state index in [0.29, 0.717) is 12.3 Å². The molecular formula is C19H20F3N5O3. The number of ether oxygens (including phenoxy) is 1. The van der Waals surface area contributed by atoms with Crippen LogP contribution >= 0.6 is 0 Å². The smallest absolute Gasteiger partial charge is 0.417 e. The van der Waals surface area contributed by atoms with Gasteiger partial charge >= 0.3 is 6.18 Å². The molecule has 3 rings (SSSR count). The number of rotatable bonds is 5. The van der Waals surface area contributed by atoms with E-state index in [1.807, 2.05) is 19.0 Å². The van der Waals surface area contributed by atoms with Gasteiger partial charge in [0.05, 0.1) is 17.6 Å². The molecule has 2 heterocycles. The number of carbonyl (C=O) groups is 1. The number of amides is 1. The Bertz CT molecular complexity index is 1100. The van der Waals surface area contributed by atoms with E-state index in [1.165, 1.54) is 7.05 Å². The highest BCUT2D eigenvalue weighted by Crippen LogP contribution is 2.40. The van der Waals surface area contributed by atoms with Crippen LogP contribution in [0.2, 0.25) is 0 Å². The van der Waals surface area contributed by atoms with Crippen LogP contribution in [0.25, 0.3) is 10.9 Å². The summed E-state index contributed by atoms with van der Waals surface area (Å²) in [7, 11) is 4.96. The fourth-order valence-electron chi connectivity index (χ4n) is 2.85. The molecule has 0 radical (unpaired) electrons. The molecule has 2 aromatic heterocycles. The zero-order valence-electron chi connectivity index (χ0n) is 16.4. The summed E-state index contributed by atoms with van der Waals surface area (Å²) in [6.07, 6.45) is -4.64. The van der Waals surface area contributed by atoms with Gasteiger partial charge in [-0.15, -0.1) is 0 Å². The van der Waals surface area contributed by atoms with Crippen LogP contribution < -0.4 is 10.5 Å². The number of furan rings is 1. The van der Waals surface area contributed by atoms with Crippen molar-refractivity contribution in [3.05, 3.63) is 47.3 Å². The number of nitrogens with one attached hydrogen (secondary N) is 2. The molecule has 160 valence electrons. The minimum atomic E-state index is -4.64. The number of guanidine groups is 1. The summed E-state index contributed by atoms with van der Waals surface area (Å²) in [4.78, 5) is 17.8. The van der Waals surface area contributed by atoms with E-state index in [9.17, 15) is 18.0 Å². The van der Waals surface area contributed by atoms with E-state index in [4.69, 9.17) is 20.3 Å². The van der Waals surface area contributed by atoms with Crippen LogP contribution in [-0.4, -0.2) is 47.8 Å². The minimum Gasteiger partial charge on any atom is -0.429 e. The van der Waals surface area contributed by atoms with Crippen molar-refractivity contribution < 1.29 is 27.1 Å². The van der Waals surface area contributed by atoms with Crippen LogP contribution in [0.1, 0.15) is 21.8 Å². The number of alkyl halides is 3. The van der Waals surface area contributed by atoms with Crippen molar-refractivity contribution in [1.29, 1.82) is 5.41 Å². The van der Waals surface area contributed by atoms with E-state index < -0.39 is 23.6 Å². The Morgan fingerprint density at radius 2 is 1.93 bits per heavy atom. The number of nitrogens with two attached hydrogens (primary N) is 1. The van der Waals surface area contributed by atoms with Crippen LogP contribution in [0.5, 0.6) is 11.7 Å². The average molecular weight is 423 g/mol. The molecule has 0 aliphatic carbocycles. The van der Waals surface area contributed by atoms with Gasteiger partial charge in [0.15, 0.2) is 11.7 Å². The van der Waals surface area contributed by atoms with Gasteiger partial charge in [0.2, 0.25) is 0 Å². The number of hydrogen-bond acceptors (Lipinski definition) is 5. The Morgan fingerprint density at radius 3 is 2.53 bits per heavy atom. The van der Waals surface area contributed by atoms with Crippen molar-refractivity contribution >= 4 is 22.8 Å². The molecule has 1 aromatic carbocycles. The summed E-state index contributed by atoms with van der Waals surface area (Å²) in [5, 5.41) is 7.10. The third kappa shape index (κ3) is 4.25. The lowest BCUT2D eigenvalue weighted by Crippen LogP contribution is -2.38. The van der Waals surface area contributed by atoms with Gasteiger partial charge in [-0.05, 0) is 38.4 Å². The van der Waals surface area contributed by atoms with Crippen molar-refractivity contribution in [2.24, 2.45) is 5.73 Å². The number of nitrogens with zero attached hydrogens (tertiary/aromatic N) is 2. The third-order valence-corrected chi connectivity index (χ3v) is 4.28. The highest BCUT2D eigenvalue weighted by molar-refractivity contribution is 6.06. The molecule has 4 N–H and O–H groups in total. The topological polar surface area (TPSA) is 112 Å². The van der Waals surface area contributed by atoms with Crippen molar-refractivity contribution in [2.75, 3.05) is 21.1 Å². The van der Waals surface area contributed by atoms with E-state index in [2.05, 4.69) is 4.98 Å². The van der Waals surface area contributed by atoms with Gasteiger partial charge in [0.1, 0.15) is 11.5 Å². The highest BCUT2D eigenvalue weighted by Gasteiger charge is 2.34. The first-order valence-corrected chi connectivity index (χ1v) is 8.73. The fourth-order valence-corrected chi connectivity index (χ4v) is 2.85. The Kier molecular flexibility index (Phi) is 5.49.